The van der Waals surface area contributed by atoms with Crippen LogP contribution in [0, 0.1) is 21.8 Å². The maximum Gasteiger partial charge on any atom is 0.413 e. The first-order chi connectivity index (χ1) is 13.9. The Morgan fingerprint density at radius 2 is 2.17 bits per heavy atom. The third kappa shape index (κ3) is 4.38. The van der Waals surface area contributed by atoms with Gasteiger partial charge in [-0.1, -0.05) is 11.8 Å². The lowest BCUT2D eigenvalue weighted by Gasteiger charge is -2.36. The van der Waals surface area contributed by atoms with E-state index in [4.69, 9.17) is 9.47 Å². The van der Waals surface area contributed by atoms with Gasteiger partial charge in [0, 0.05) is 29.4 Å². The fraction of sp³-hybridized carbons (Fsp3) is 0.556. The highest BCUT2D eigenvalue weighted by atomic mass is 32.2. The van der Waals surface area contributed by atoms with E-state index in [0.29, 0.717) is 0 Å². The number of amides is 1. The number of alkyl halides is 2. The zero-order valence-electron chi connectivity index (χ0n) is 16.4. The number of nitro benzene ring substituents is 1. The number of amidine groups is 1. The molecule has 1 aromatic rings. The van der Waals surface area contributed by atoms with Crippen LogP contribution in [0.3, 0.4) is 0 Å². The van der Waals surface area contributed by atoms with Crippen molar-refractivity contribution in [2.45, 2.75) is 44.4 Å². The van der Waals surface area contributed by atoms with Crippen molar-refractivity contribution in [3.05, 3.63) is 39.7 Å². The number of halogens is 3. The van der Waals surface area contributed by atoms with Crippen molar-refractivity contribution in [1.82, 2.24) is 5.32 Å². The number of nitrogens with zero attached hydrogens (tertiary/aromatic N) is 2. The zero-order valence-corrected chi connectivity index (χ0v) is 17.2. The van der Waals surface area contributed by atoms with Gasteiger partial charge in [0.25, 0.3) is 12.1 Å². The molecular weight excluding hydrogens is 427 g/mol. The smallest absolute Gasteiger partial charge is 0.413 e. The Morgan fingerprint density at radius 3 is 2.77 bits per heavy atom. The van der Waals surface area contributed by atoms with Crippen LogP contribution in [0.15, 0.2) is 23.2 Å². The van der Waals surface area contributed by atoms with Crippen molar-refractivity contribution < 1.29 is 32.4 Å². The van der Waals surface area contributed by atoms with E-state index in [1.807, 2.05) is 0 Å². The Bertz CT molecular complexity index is 892. The first-order valence-corrected chi connectivity index (χ1v) is 9.98. The van der Waals surface area contributed by atoms with Crippen LogP contribution in [-0.2, 0) is 15.0 Å². The number of carbonyl (C=O) groups excluding carboxylic acids is 1. The van der Waals surface area contributed by atoms with Crippen molar-refractivity contribution >= 4 is 28.7 Å². The largest absolute Gasteiger partial charge is 0.444 e. The Hall–Kier alpha value is -2.34. The molecule has 1 amide bonds. The molecular formula is C18H20F3N3O5S. The lowest BCUT2D eigenvalue weighted by Crippen LogP contribution is -2.46. The molecule has 0 saturated carbocycles. The summed E-state index contributed by atoms with van der Waals surface area (Å²) in [7, 11) is 0. The second-order valence-corrected chi connectivity index (χ2v) is 8.93. The molecule has 30 heavy (non-hydrogen) atoms. The molecule has 3 rings (SSSR count). The van der Waals surface area contributed by atoms with Crippen molar-refractivity contribution in [3.8, 4) is 0 Å². The summed E-state index contributed by atoms with van der Waals surface area (Å²) < 4.78 is 52.2. The number of aliphatic imine (C=N–C) groups is 1. The van der Waals surface area contributed by atoms with Gasteiger partial charge in [-0.05, 0) is 26.8 Å². The summed E-state index contributed by atoms with van der Waals surface area (Å²) in [5, 5.41) is 13.6. The molecule has 0 unspecified atom stereocenters. The van der Waals surface area contributed by atoms with Gasteiger partial charge in [0.15, 0.2) is 5.17 Å². The van der Waals surface area contributed by atoms with Gasteiger partial charge in [-0.2, -0.15) is 0 Å². The number of rotatable bonds is 3. The van der Waals surface area contributed by atoms with E-state index in [-0.39, 0.29) is 16.5 Å². The maximum atomic E-state index is 14.7. The molecule has 1 fully saturated rings. The lowest BCUT2D eigenvalue weighted by atomic mass is 9.78. The second kappa shape index (κ2) is 8.06. The van der Waals surface area contributed by atoms with Crippen LogP contribution in [0.4, 0.5) is 23.7 Å². The number of hydrogen-bond donors (Lipinski definition) is 1. The zero-order chi connectivity index (χ0) is 22.3. The quantitative estimate of drug-likeness (QED) is 0.558. The van der Waals surface area contributed by atoms with Gasteiger partial charge in [-0.3, -0.25) is 15.4 Å². The number of nitro groups is 1. The molecule has 12 heteroatoms. The number of fused-ring (bicyclic) bond motifs is 1. The summed E-state index contributed by atoms with van der Waals surface area (Å²) in [6.07, 6.45) is -5.19. The minimum atomic E-state index is -2.85. The van der Waals surface area contributed by atoms with Crippen molar-refractivity contribution in [2.75, 3.05) is 12.4 Å². The van der Waals surface area contributed by atoms with E-state index in [2.05, 4.69) is 10.3 Å². The van der Waals surface area contributed by atoms with Gasteiger partial charge in [0.2, 0.25) is 0 Å². The summed E-state index contributed by atoms with van der Waals surface area (Å²) in [6.45, 7) is 4.58. The highest BCUT2D eigenvalue weighted by molar-refractivity contribution is 8.13. The average Bonchev–Trinajstić information content (AvgIpc) is 3.00. The third-order valence-corrected chi connectivity index (χ3v) is 5.68. The highest BCUT2D eigenvalue weighted by Crippen LogP contribution is 2.50. The molecule has 8 nitrogen and oxygen atoms in total. The molecule has 0 radical (unpaired) electrons. The molecule has 1 aromatic carbocycles. The first kappa shape index (κ1) is 22.3. The van der Waals surface area contributed by atoms with Crippen molar-refractivity contribution in [3.63, 3.8) is 0 Å². The van der Waals surface area contributed by atoms with E-state index in [1.54, 1.807) is 20.8 Å². The molecule has 0 aromatic heterocycles. The maximum absolute atomic E-state index is 14.7. The molecule has 0 bridgehead atoms. The topological polar surface area (TPSA) is 103 Å². The number of alkyl carbamates (subject to hydrolysis) is 1. The molecule has 2 aliphatic rings. The van der Waals surface area contributed by atoms with E-state index in [1.165, 1.54) is 0 Å². The molecule has 1 N–H and O–H groups in total. The van der Waals surface area contributed by atoms with Gasteiger partial charge >= 0.3 is 6.09 Å². The summed E-state index contributed by atoms with van der Waals surface area (Å²) in [5.41, 5.74) is -3.07. The fourth-order valence-electron chi connectivity index (χ4n) is 3.45. The number of non-ortho nitro benzene ring substituents is 1. The summed E-state index contributed by atoms with van der Waals surface area (Å²) in [5.74, 6) is -1.76. The third-order valence-electron chi connectivity index (χ3n) is 4.69. The van der Waals surface area contributed by atoms with E-state index in [9.17, 15) is 28.1 Å². The Morgan fingerprint density at radius 1 is 1.47 bits per heavy atom. The van der Waals surface area contributed by atoms with Gasteiger partial charge in [0.1, 0.15) is 23.1 Å². The molecule has 1 saturated heterocycles. The Balaban J connectivity index is 2.05. The van der Waals surface area contributed by atoms with Gasteiger partial charge in [-0.15, -0.1) is 0 Å². The average molecular weight is 447 g/mol. The van der Waals surface area contributed by atoms with E-state index >= 15 is 0 Å². The number of ether oxygens (including phenoxy) is 2. The number of carbonyl (C=O) groups is 1. The highest BCUT2D eigenvalue weighted by Gasteiger charge is 2.57. The van der Waals surface area contributed by atoms with Crippen molar-refractivity contribution in [1.29, 1.82) is 0 Å². The lowest BCUT2D eigenvalue weighted by molar-refractivity contribution is -0.385. The monoisotopic (exact) mass is 447 g/mol. The Kier molecular flexibility index (Phi) is 6.01. The standard InChI is InChI=1S/C18H20F3N3O5S/c1-17(2,3)29-16(25)22-15-23-18(8-28-13(14(20)21)11(18)7-30-15)10-6-9(24(26)27)4-5-12(10)19/h4-6,11,13-14H,7-8H2,1-3H3,(H,22,23,25)/t11-,13+,18-/m1/s1. The van der Waals surface area contributed by atoms with Crippen LogP contribution < -0.4 is 5.32 Å². The number of thioether (sulfide) groups is 1. The number of nitrogens with one attached hydrogen (secondary N) is 1. The predicted octanol–water partition coefficient (Wildman–Crippen LogP) is 3.84. The van der Waals surface area contributed by atoms with Gasteiger partial charge < -0.3 is 9.47 Å². The summed E-state index contributed by atoms with van der Waals surface area (Å²) >= 11 is 0.993. The van der Waals surface area contributed by atoms with Crippen LogP contribution in [0.5, 0.6) is 0 Å². The first-order valence-electron chi connectivity index (χ1n) is 9.00. The van der Waals surface area contributed by atoms with E-state index < -0.39 is 58.7 Å². The second-order valence-electron chi connectivity index (χ2n) is 7.92. The number of hydrogen-bond acceptors (Lipinski definition) is 7. The van der Waals surface area contributed by atoms with Crippen molar-refractivity contribution in [2.24, 2.45) is 10.9 Å². The number of benzene rings is 1. The van der Waals surface area contributed by atoms with Crippen LogP contribution in [0.25, 0.3) is 0 Å². The fourth-order valence-corrected chi connectivity index (χ4v) is 4.63. The van der Waals surface area contributed by atoms with Gasteiger partial charge in [-0.25, -0.2) is 23.0 Å². The minimum Gasteiger partial charge on any atom is -0.444 e. The molecule has 0 aliphatic carbocycles. The van der Waals surface area contributed by atoms with Crippen LogP contribution in [-0.4, -0.2) is 46.7 Å². The molecule has 3 atom stereocenters. The van der Waals surface area contributed by atoms with Gasteiger partial charge in [0.05, 0.1) is 11.5 Å². The molecule has 2 heterocycles. The molecule has 2 aliphatic heterocycles. The van der Waals surface area contributed by atoms with Crippen LogP contribution in [0.1, 0.15) is 26.3 Å². The Labute approximate surface area is 174 Å². The normalized spacial score (nSPS) is 26.2. The van der Waals surface area contributed by atoms with Crippen LogP contribution >= 0.6 is 11.8 Å². The SMILES string of the molecule is CC(C)(C)OC(=O)NC1=N[C@@]2(c3cc([N+](=O)[O-])ccc3F)CO[C@H](C(F)F)[C@H]2CS1. The molecule has 164 valence electrons. The van der Waals surface area contributed by atoms with E-state index in [0.717, 1.165) is 30.0 Å². The summed E-state index contributed by atoms with van der Waals surface area (Å²) in [4.78, 5) is 26.9. The van der Waals surface area contributed by atoms with Crippen LogP contribution in [0.2, 0.25) is 0 Å². The molecule has 0 spiro atoms. The predicted molar refractivity (Wildman–Crippen MR) is 103 cm³/mol. The minimum absolute atomic E-state index is 0.0323. The summed E-state index contributed by atoms with van der Waals surface area (Å²) in [6, 6.07) is 2.85.